The number of carbonyl (C=O) groups is 2. The molecular formula is C26H34N2O2. The molecule has 0 aliphatic carbocycles. The van der Waals surface area contributed by atoms with E-state index >= 15 is 0 Å². The average molecular weight is 407 g/mol. The monoisotopic (exact) mass is 406 g/mol. The lowest BCUT2D eigenvalue weighted by molar-refractivity contribution is -0.119. The molecule has 30 heavy (non-hydrogen) atoms. The van der Waals surface area contributed by atoms with Gasteiger partial charge in [-0.05, 0) is 48.9 Å². The maximum absolute atomic E-state index is 13.2. The number of para-hydroxylation sites is 2. The van der Waals surface area contributed by atoms with Crippen LogP contribution in [0.5, 0.6) is 0 Å². The minimum absolute atomic E-state index is 0.0544. The Bertz CT molecular complexity index is 827. The standard InChI is InChI=1S/C26H34N2O2/c1-19(2)17-21(18-20(3)4)24(26(30)28-23-13-9-6-10-14-23)15-16-25(29)27-22-11-7-5-8-12-22/h5-14,17,19-20,24H,15-16,18H2,1-4H3,(H,27,29)(H,28,30)/b21-17-/t24-/m1/s1. The van der Waals surface area contributed by atoms with E-state index in [1.165, 1.54) is 0 Å². The van der Waals surface area contributed by atoms with Gasteiger partial charge in [0, 0.05) is 17.8 Å². The molecule has 0 spiro atoms. The van der Waals surface area contributed by atoms with Gasteiger partial charge in [0.25, 0.3) is 0 Å². The molecule has 0 aliphatic heterocycles. The third-order valence-corrected chi connectivity index (χ3v) is 4.71. The number of amides is 2. The summed E-state index contributed by atoms with van der Waals surface area (Å²) >= 11 is 0. The Morgan fingerprint density at radius 1 is 0.833 bits per heavy atom. The van der Waals surface area contributed by atoms with Crippen LogP contribution >= 0.6 is 0 Å². The van der Waals surface area contributed by atoms with Crippen molar-refractivity contribution in [3.63, 3.8) is 0 Å². The lowest BCUT2D eigenvalue weighted by atomic mass is 9.85. The van der Waals surface area contributed by atoms with E-state index in [4.69, 9.17) is 0 Å². The Morgan fingerprint density at radius 2 is 1.37 bits per heavy atom. The zero-order valence-electron chi connectivity index (χ0n) is 18.5. The first-order valence-corrected chi connectivity index (χ1v) is 10.8. The normalized spacial score (nSPS) is 12.7. The molecule has 0 heterocycles. The van der Waals surface area contributed by atoms with E-state index in [0.29, 0.717) is 18.3 Å². The van der Waals surface area contributed by atoms with Crippen molar-refractivity contribution in [3.05, 3.63) is 72.3 Å². The first-order valence-electron chi connectivity index (χ1n) is 10.8. The van der Waals surface area contributed by atoms with Crippen molar-refractivity contribution in [2.75, 3.05) is 10.6 Å². The zero-order valence-corrected chi connectivity index (χ0v) is 18.5. The van der Waals surface area contributed by atoms with E-state index in [1.54, 1.807) is 0 Å². The van der Waals surface area contributed by atoms with Gasteiger partial charge in [-0.3, -0.25) is 9.59 Å². The Labute approximate surface area is 180 Å². The highest BCUT2D eigenvalue weighted by Crippen LogP contribution is 2.27. The molecule has 1 atom stereocenters. The Balaban J connectivity index is 2.16. The van der Waals surface area contributed by atoms with Crippen LogP contribution in [-0.2, 0) is 9.59 Å². The second-order valence-electron chi connectivity index (χ2n) is 8.44. The molecule has 2 aromatic rings. The van der Waals surface area contributed by atoms with Crippen LogP contribution in [0, 0.1) is 17.8 Å². The molecule has 2 aromatic carbocycles. The topological polar surface area (TPSA) is 58.2 Å². The predicted octanol–water partition coefficient (Wildman–Crippen LogP) is 6.29. The molecule has 0 bridgehead atoms. The van der Waals surface area contributed by atoms with E-state index in [2.05, 4.69) is 44.4 Å². The van der Waals surface area contributed by atoms with E-state index in [-0.39, 0.29) is 24.2 Å². The van der Waals surface area contributed by atoms with Crippen LogP contribution in [-0.4, -0.2) is 11.8 Å². The highest BCUT2D eigenvalue weighted by Gasteiger charge is 2.25. The molecule has 4 heteroatoms. The summed E-state index contributed by atoms with van der Waals surface area (Å²) in [7, 11) is 0. The highest BCUT2D eigenvalue weighted by molar-refractivity contribution is 5.95. The Morgan fingerprint density at radius 3 is 1.87 bits per heavy atom. The van der Waals surface area contributed by atoms with Crippen LogP contribution in [0.2, 0.25) is 0 Å². The van der Waals surface area contributed by atoms with Gasteiger partial charge in [-0.25, -0.2) is 0 Å². The number of allylic oxidation sites excluding steroid dienone is 1. The molecule has 160 valence electrons. The van der Waals surface area contributed by atoms with Crippen molar-refractivity contribution < 1.29 is 9.59 Å². The second-order valence-corrected chi connectivity index (χ2v) is 8.44. The lowest BCUT2D eigenvalue weighted by Crippen LogP contribution is -2.27. The second kappa shape index (κ2) is 12.0. The van der Waals surface area contributed by atoms with Gasteiger partial charge in [0.15, 0.2) is 0 Å². The van der Waals surface area contributed by atoms with Gasteiger partial charge in [0.05, 0.1) is 5.92 Å². The van der Waals surface area contributed by atoms with Gasteiger partial charge < -0.3 is 10.6 Å². The van der Waals surface area contributed by atoms with Crippen molar-refractivity contribution >= 4 is 23.2 Å². The molecule has 0 fully saturated rings. The molecule has 0 saturated heterocycles. The van der Waals surface area contributed by atoms with Crippen LogP contribution in [0.3, 0.4) is 0 Å². The van der Waals surface area contributed by atoms with Crippen molar-refractivity contribution in [2.24, 2.45) is 17.8 Å². The van der Waals surface area contributed by atoms with Gasteiger partial charge in [-0.1, -0.05) is 75.7 Å². The molecule has 0 aliphatic rings. The fourth-order valence-corrected chi connectivity index (χ4v) is 3.48. The summed E-state index contributed by atoms with van der Waals surface area (Å²) < 4.78 is 0. The number of anilines is 2. The van der Waals surface area contributed by atoms with Gasteiger partial charge in [0.2, 0.25) is 11.8 Å². The van der Waals surface area contributed by atoms with E-state index in [1.807, 2.05) is 60.7 Å². The number of carbonyl (C=O) groups excluding carboxylic acids is 2. The molecule has 2 rings (SSSR count). The van der Waals surface area contributed by atoms with Crippen LogP contribution in [0.4, 0.5) is 11.4 Å². The van der Waals surface area contributed by atoms with Crippen molar-refractivity contribution in [3.8, 4) is 0 Å². The lowest BCUT2D eigenvalue weighted by Gasteiger charge is -2.23. The maximum atomic E-state index is 13.2. The Hall–Kier alpha value is -2.88. The molecule has 0 saturated carbocycles. The average Bonchev–Trinajstić information content (AvgIpc) is 2.68. The highest BCUT2D eigenvalue weighted by atomic mass is 16.2. The smallest absolute Gasteiger partial charge is 0.231 e. The summed E-state index contributed by atoms with van der Waals surface area (Å²) in [5.41, 5.74) is 2.66. The van der Waals surface area contributed by atoms with Gasteiger partial charge in [-0.2, -0.15) is 0 Å². The predicted molar refractivity (Wildman–Crippen MR) is 125 cm³/mol. The molecule has 2 N–H and O–H groups in total. The fraction of sp³-hybridized carbons (Fsp3) is 0.385. The molecule has 2 amide bonds. The van der Waals surface area contributed by atoms with E-state index in [9.17, 15) is 9.59 Å². The quantitative estimate of drug-likeness (QED) is 0.456. The maximum Gasteiger partial charge on any atom is 0.231 e. The fourth-order valence-electron chi connectivity index (χ4n) is 3.48. The molecule has 4 nitrogen and oxygen atoms in total. The molecular weight excluding hydrogens is 372 g/mol. The summed E-state index contributed by atoms with van der Waals surface area (Å²) in [6.07, 6.45) is 3.79. The number of hydrogen-bond donors (Lipinski definition) is 2. The zero-order chi connectivity index (χ0) is 21.9. The SMILES string of the molecule is CC(C)/C=C(/CC(C)C)[C@@H](CCC(=O)Nc1ccccc1)C(=O)Nc1ccccc1. The summed E-state index contributed by atoms with van der Waals surface area (Å²) in [6, 6.07) is 18.9. The van der Waals surface area contributed by atoms with Crippen LogP contribution < -0.4 is 10.6 Å². The van der Waals surface area contributed by atoms with Crippen molar-refractivity contribution in [1.82, 2.24) is 0 Å². The molecule has 0 radical (unpaired) electrons. The van der Waals surface area contributed by atoms with Crippen LogP contribution in [0.25, 0.3) is 0 Å². The number of nitrogens with one attached hydrogen (secondary N) is 2. The van der Waals surface area contributed by atoms with Gasteiger partial charge >= 0.3 is 0 Å². The van der Waals surface area contributed by atoms with Crippen LogP contribution in [0.15, 0.2) is 72.3 Å². The van der Waals surface area contributed by atoms with E-state index < -0.39 is 0 Å². The molecule has 0 unspecified atom stereocenters. The van der Waals surface area contributed by atoms with E-state index in [0.717, 1.165) is 23.4 Å². The first-order chi connectivity index (χ1) is 14.3. The number of benzene rings is 2. The number of hydrogen-bond acceptors (Lipinski definition) is 2. The van der Waals surface area contributed by atoms with Crippen LogP contribution in [0.1, 0.15) is 47.0 Å². The summed E-state index contributed by atoms with van der Waals surface area (Å²) in [5, 5.41) is 5.95. The first kappa shape index (κ1) is 23.4. The minimum Gasteiger partial charge on any atom is -0.326 e. The summed E-state index contributed by atoms with van der Waals surface area (Å²) in [6.45, 7) is 8.55. The summed E-state index contributed by atoms with van der Waals surface area (Å²) in [5.74, 6) is 0.300. The minimum atomic E-state index is -0.337. The molecule has 0 aromatic heterocycles. The van der Waals surface area contributed by atoms with Gasteiger partial charge in [-0.15, -0.1) is 0 Å². The Kier molecular flexibility index (Phi) is 9.33. The van der Waals surface area contributed by atoms with Gasteiger partial charge in [0.1, 0.15) is 0 Å². The van der Waals surface area contributed by atoms with Crippen molar-refractivity contribution in [1.29, 1.82) is 0 Å². The number of rotatable bonds is 10. The van der Waals surface area contributed by atoms with Crippen molar-refractivity contribution in [2.45, 2.75) is 47.0 Å². The largest absolute Gasteiger partial charge is 0.326 e. The third kappa shape index (κ3) is 8.24. The third-order valence-electron chi connectivity index (χ3n) is 4.71. The summed E-state index contributed by atoms with van der Waals surface area (Å²) in [4.78, 5) is 25.7.